The van der Waals surface area contributed by atoms with Crippen molar-refractivity contribution in [2.75, 3.05) is 24.3 Å². The summed E-state index contributed by atoms with van der Waals surface area (Å²) in [5, 5.41) is 7.82. The van der Waals surface area contributed by atoms with E-state index in [1.54, 1.807) is 24.3 Å². The lowest BCUT2D eigenvalue weighted by atomic mass is 10.2. The van der Waals surface area contributed by atoms with E-state index < -0.39 is 0 Å². The molecule has 2 aromatic carbocycles. The van der Waals surface area contributed by atoms with Gasteiger partial charge in [-0.05, 0) is 43.3 Å². The Kier molecular flexibility index (Phi) is 5.57. The molecule has 2 aromatic rings. The largest absolute Gasteiger partial charge is 0.484 e. The fourth-order valence-electron chi connectivity index (χ4n) is 1.81. The van der Waals surface area contributed by atoms with Crippen molar-refractivity contribution in [1.82, 2.24) is 5.32 Å². The fraction of sp³-hybridized carbons (Fsp3) is 0.176. The summed E-state index contributed by atoms with van der Waals surface area (Å²) in [6.07, 6.45) is 0. The van der Waals surface area contributed by atoms with Crippen molar-refractivity contribution in [3.63, 3.8) is 0 Å². The van der Waals surface area contributed by atoms with Crippen molar-refractivity contribution in [2.45, 2.75) is 6.92 Å². The molecule has 23 heavy (non-hydrogen) atoms. The van der Waals surface area contributed by atoms with E-state index in [1.807, 2.05) is 31.2 Å². The topological polar surface area (TPSA) is 79.5 Å². The van der Waals surface area contributed by atoms with Gasteiger partial charge in [-0.1, -0.05) is 17.7 Å². The van der Waals surface area contributed by atoms with E-state index >= 15 is 0 Å². The molecule has 0 aliphatic heterocycles. The minimum absolute atomic E-state index is 0.0682. The third kappa shape index (κ3) is 5.35. The Morgan fingerprint density at radius 3 is 2.04 bits per heavy atom. The maximum Gasteiger partial charge on any atom is 0.318 e. The van der Waals surface area contributed by atoms with Gasteiger partial charge in [-0.2, -0.15) is 0 Å². The van der Waals surface area contributed by atoms with Gasteiger partial charge in [-0.3, -0.25) is 4.79 Å². The molecule has 3 amide bonds. The molecule has 0 radical (unpaired) electrons. The van der Waals surface area contributed by atoms with E-state index in [9.17, 15) is 9.59 Å². The Hall–Kier alpha value is -3.02. The van der Waals surface area contributed by atoms with E-state index in [1.165, 1.54) is 7.05 Å². The van der Waals surface area contributed by atoms with Crippen LogP contribution in [0.3, 0.4) is 0 Å². The highest BCUT2D eigenvalue weighted by atomic mass is 16.5. The molecule has 6 heteroatoms. The van der Waals surface area contributed by atoms with Crippen molar-refractivity contribution in [3.05, 3.63) is 54.1 Å². The summed E-state index contributed by atoms with van der Waals surface area (Å²) in [4.78, 5) is 23.0. The Balaban J connectivity index is 1.82. The SMILES string of the molecule is CNC(=O)Nc1ccc(NC(=O)COc2ccc(C)cc2)cc1. The normalized spacial score (nSPS) is 9.83. The van der Waals surface area contributed by atoms with Crippen molar-refractivity contribution < 1.29 is 14.3 Å². The third-order valence-electron chi connectivity index (χ3n) is 3.04. The van der Waals surface area contributed by atoms with Crippen molar-refractivity contribution >= 4 is 23.3 Å². The average Bonchev–Trinajstić information content (AvgIpc) is 2.56. The highest BCUT2D eigenvalue weighted by Gasteiger charge is 2.04. The van der Waals surface area contributed by atoms with Crippen molar-refractivity contribution in [2.24, 2.45) is 0 Å². The van der Waals surface area contributed by atoms with Crippen LogP contribution in [-0.4, -0.2) is 25.6 Å². The second-order valence-corrected chi connectivity index (χ2v) is 4.93. The van der Waals surface area contributed by atoms with Gasteiger partial charge < -0.3 is 20.7 Å². The average molecular weight is 313 g/mol. The highest BCUT2D eigenvalue weighted by molar-refractivity contribution is 5.93. The molecule has 0 fully saturated rings. The van der Waals surface area contributed by atoms with Gasteiger partial charge in [0.25, 0.3) is 5.91 Å². The predicted octanol–water partition coefficient (Wildman–Crippen LogP) is 2.76. The number of hydrogen-bond donors (Lipinski definition) is 3. The number of nitrogens with one attached hydrogen (secondary N) is 3. The van der Waals surface area contributed by atoms with Crippen molar-refractivity contribution in [1.29, 1.82) is 0 Å². The summed E-state index contributed by atoms with van der Waals surface area (Å²) in [6, 6.07) is 14.0. The van der Waals surface area contributed by atoms with Gasteiger partial charge in [0.1, 0.15) is 5.75 Å². The Morgan fingerprint density at radius 2 is 1.48 bits per heavy atom. The zero-order chi connectivity index (χ0) is 16.7. The number of benzene rings is 2. The van der Waals surface area contributed by atoms with E-state index in [-0.39, 0.29) is 18.5 Å². The molecule has 0 saturated carbocycles. The van der Waals surface area contributed by atoms with Crippen LogP contribution in [0, 0.1) is 6.92 Å². The van der Waals surface area contributed by atoms with Crippen LogP contribution in [0.15, 0.2) is 48.5 Å². The lowest BCUT2D eigenvalue weighted by Crippen LogP contribution is -2.24. The van der Waals surface area contributed by atoms with Gasteiger partial charge in [0.15, 0.2) is 6.61 Å². The Labute approximate surface area is 134 Å². The summed E-state index contributed by atoms with van der Waals surface area (Å²) >= 11 is 0. The molecule has 0 bridgehead atoms. The minimum atomic E-state index is -0.298. The number of carbonyl (C=O) groups is 2. The maximum absolute atomic E-state index is 11.8. The van der Waals surface area contributed by atoms with Gasteiger partial charge >= 0.3 is 6.03 Å². The summed E-state index contributed by atoms with van der Waals surface area (Å²) in [6.45, 7) is 1.92. The van der Waals surface area contributed by atoms with Gasteiger partial charge in [0, 0.05) is 18.4 Å². The van der Waals surface area contributed by atoms with E-state index in [0.717, 1.165) is 5.56 Å². The molecule has 0 unspecified atom stereocenters. The number of amides is 3. The lowest BCUT2D eigenvalue weighted by molar-refractivity contribution is -0.118. The van der Waals surface area contributed by atoms with Gasteiger partial charge in [-0.15, -0.1) is 0 Å². The smallest absolute Gasteiger partial charge is 0.318 e. The summed E-state index contributed by atoms with van der Waals surface area (Å²) < 4.78 is 5.41. The first kappa shape index (κ1) is 16.4. The first-order valence-electron chi connectivity index (χ1n) is 7.15. The zero-order valence-electron chi connectivity index (χ0n) is 13.1. The van der Waals surface area contributed by atoms with Crippen molar-refractivity contribution in [3.8, 4) is 5.75 Å². The highest BCUT2D eigenvalue weighted by Crippen LogP contribution is 2.14. The number of ether oxygens (including phenoxy) is 1. The number of aryl methyl sites for hydroxylation is 1. The van der Waals surface area contributed by atoms with E-state index in [2.05, 4.69) is 16.0 Å². The quantitative estimate of drug-likeness (QED) is 0.794. The number of anilines is 2. The van der Waals surface area contributed by atoms with Crippen LogP contribution in [0.4, 0.5) is 16.2 Å². The lowest BCUT2D eigenvalue weighted by Gasteiger charge is -2.09. The summed E-state index contributed by atoms with van der Waals surface area (Å²) in [5.74, 6) is 0.397. The number of hydrogen-bond acceptors (Lipinski definition) is 3. The van der Waals surface area contributed by atoms with Crippen LogP contribution in [0.2, 0.25) is 0 Å². The molecular weight excluding hydrogens is 294 g/mol. The first-order valence-corrected chi connectivity index (χ1v) is 7.15. The van der Waals surface area contributed by atoms with Crippen LogP contribution in [0.25, 0.3) is 0 Å². The molecule has 0 atom stereocenters. The van der Waals surface area contributed by atoms with Crippen LogP contribution >= 0.6 is 0 Å². The molecular formula is C17H19N3O3. The second kappa shape index (κ2) is 7.84. The molecule has 0 aliphatic carbocycles. The second-order valence-electron chi connectivity index (χ2n) is 4.93. The number of rotatable bonds is 5. The molecule has 120 valence electrons. The molecule has 3 N–H and O–H groups in total. The molecule has 0 aliphatic rings. The number of carbonyl (C=O) groups excluding carboxylic acids is 2. The Morgan fingerprint density at radius 1 is 0.913 bits per heavy atom. The molecule has 0 saturated heterocycles. The monoisotopic (exact) mass is 313 g/mol. The third-order valence-corrected chi connectivity index (χ3v) is 3.04. The van der Waals surface area contributed by atoms with Crippen LogP contribution in [0.1, 0.15) is 5.56 Å². The molecule has 6 nitrogen and oxygen atoms in total. The van der Waals surface area contributed by atoms with Crippen LogP contribution in [-0.2, 0) is 4.79 Å². The summed E-state index contributed by atoms with van der Waals surface area (Å²) in [7, 11) is 1.54. The van der Waals surface area contributed by atoms with Crippen LogP contribution in [0.5, 0.6) is 5.75 Å². The van der Waals surface area contributed by atoms with E-state index in [0.29, 0.717) is 17.1 Å². The van der Waals surface area contributed by atoms with Gasteiger partial charge in [0.2, 0.25) is 0 Å². The molecule has 0 spiro atoms. The standard InChI is InChI=1S/C17H19N3O3/c1-12-3-9-15(10-4-12)23-11-16(21)19-13-5-7-14(8-6-13)20-17(22)18-2/h3-10H,11H2,1-2H3,(H,19,21)(H2,18,20,22). The first-order chi connectivity index (χ1) is 11.1. The molecule has 0 heterocycles. The van der Waals surface area contributed by atoms with E-state index in [4.69, 9.17) is 4.74 Å². The van der Waals surface area contributed by atoms with Gasteiger partial charge in [0.05, 0.1) is 0 Å². The predicted molar refractivity (Wildman–Crippen MR) is 89.8 cm³/mol. The van der Waals surface area contributed by atoms with Gasteiger partial charge in [-0.25, -0.2) is 4.79 Å². The fourth-order valence-corrected chi connectivity index (χ4v) is 1.81. The maximum atomic E-state index is 11.8. The minimum Gasteiger partial charge on any atom is -0.484 e. The Bertz CT molecular complexity index is 666. The molecule has 0 aromatic heterocycles. The summed E-state index contributed by atoms with van der Waals surface area (Å²) in [5.41, 5.74) is 2.40. The zero-order valence-corrected chi connectivity index (χ0v) is 13.1. The van der Waals surface area contributed by atoms with Crippen LogP contribution < -0.4 is 20.7 Å². The number of urea groups is 1. The molecule has 2 rings (SSSR count).